The van der Waals surface area contributed by atoms with E-state index in [1.807, 2.05) is 0 Å². The Morgan fingerprint density at radius 1 is 1.47 bits per heavy atom. The van der Waals surface area contributed by atoms with E-state index in [4.69, 9.17) is 5.73 Å². The molecule has 4 nitrogen and oxygen atoms in total. The van der Waals surface area contributed by atoms with Gasteiger partial charge in [-0.25, -0.2) is 9.97 Å². The Balaban J connectivity index is 1.64. The van der Waals surface area contributed by atoms with Crippen molar-refractivity contribution in [2.45, 2.75) is 25.7 Å². The van der Waals surface area contributed by atoms with Gasteiger partial charge in [0.05, 0.1) is 11.9 Å². The molecule has 0 aliphatic heterocycles. The fraction of sp³-hybridized carbons (Fsp3) is 0.636. The van der Waals surface area contributed by atoms with E-state index < -0.39 is 0 Å². The van der Waals surface area contributed by atoms with Crippen molar-refractivity contribution < 1.29 is 0 Å². The number of nitrogens with one attached hydrogen (secondary N) is 1. The summed E-state index contributed by atoms with van der Waals surface area (Å²) in [5.74, 6) is 1.75. The Bertz CT molecular complexity index is 369. The summed E-state index contributed by atoms with van der Waals surface area (Å²) in [5, 5.41) is 3.36. The molecule has 0 bridgehead atoms. The van der Waals surface area contributed by atoms with Gasteiger partial charge in [0.25, 0.3) is 0 Å². The number of nitrogen functional groups attached to an aromatic ring is 1. The van der Waals surface area contributed by atoms with Gasteiger partial charge in [-0.05, 0) is 37.0 Å². The van der Waals surface area contributed by atoms with Gasteiger partial charge in [0, 0.05) is 6.54 Å². The van der Waals surface area contributed by atoms with Gasteiger partial charge >= 0.3 is 0 Å². The summed E-state index contributed by atoms with van der Waals surface area (Å²) in [5.41, 5.74) is 7.00. The van der Waals surface area contributed by atoms with Crippen molar-refractivity contribution in [1.29, 1.82) is 0 Å². The van der Waals surface area contributed by atoms with Gasteiger partial charge in [-0.3, -0.25) is 0 Å². The molecule has 15 heavy (non-hydrogen) atoms. The standard InChI is InChI=1S/C11H16N4/c12-9-5-13-7-15-10(9)14-6-11(3-4-11)8-1-2-8/h5,7-8H,1-4,6,12H2,(H,13,14,15). The number of aromatic nitrogens is 2. The molecule has 0 spiro atoms. The third-order valence-electron chi connectivity index (χ3n) is 3.68. The highest BCUT2D eigenvalue weighted by Gasteiger charge is 2.53. The molecule has 0 saturated heterocycles. The monoisotopic (exact) mass is 204 g/mol. The highest BCUT2D eigenvalue weighted by atomic mass is 15.0. The lowest BCUT2D eigenvalue weighted by Crippen LogP contribution is -2.18. The smallest absolute Gasteiger partial charge is 0.152 e. The molecular weight excluding hydrogens is 188 g/mol. The molecule has 3 rings (SSSR count). The van der Waals surface area contributed by atoms with Crippen LogP contribution in [0.25, 0.3) is 0 Å². The largest absolute Gasteiger partial charge is 0.394 e. The molecule has 80 valence electrons. The van der Waals surface area contributed by atoms with Crippen LogP contribution in [-0.4, -0.2) is 16.5 Å². The summed E-state index contributed by atoms with van der Waals surface area (Å²) in [6.07, 6.45) is 8.76. The number of nitrogens with zero attached hydrogens (tertiary/aromatic N) is 2. The van der Waals surface area contributed by atoms with Gasteiger partial charge in [-0.1, -0.05) is 0 Å². The molecule has 0 radical (unpaired) electrons. The summed E-state index contributed by atoms with van der Waals surface area (Å²) >= 11 is 0. The highest BCUT2D eigenvalue weighted by molar-refractivity contribution is 5.59. The maximum atomic E-state index is 5.77. The van der Waals surface area contributed by atoms with Crippen LogP contribution in [0.1, 0.15) is 25.7 Å². The zero-order valence-electron chi connectivity index (χ0n) is 8.74. The molecule has 0 atom stereocenters. The zero-order valence-corrected chi connectivity index (χ0v) is 8.74. The molecule has 4 heteroatoms. The molecule has 0 unspecified atom stereocenters. The quantitative estimate of drug-likeness (QED) is 0.783. The summed E-state index contributed by atoms with van der Waals surface area (Å²) in [6, 6.07) is 0. The topological polar surface area (TPSA) is 63.8 Å². The number of anilines is 2. The Hall–Kier alpha value is -1.32. The molecule has 1 aromatic heterocycles. The van der Waals surface area contributed by atoms with Crippen molar-refractivity contribution in [1.82, 2.24) is 9.97 Å². The normalized spacial score (nSPS) is 22.4. The van der Waals surface area contributed by atoms with Gasteiger partial charge in [0.2, 0.25) is 0 Å². The van der Waals surface area contributed by atoms with Gasteiger partial charge in [-0.2, -0.15) is 0 Å². The Kier molecular flexibility index (Phi) is 1.84. The van der Waals surface area contributed by atoms with E-state index in [2.05, 4.69) is 15.3 Å². The van der Waals surface area contributed by atoms with Gasteiger partial charge in [-0.15, -0.1) is 0 Å². The summed E-state index contributed by atoms with van der Waals surface area (Å²) < 4.78 is 0. The first-order valence-electron chi connectivity index (χ1n) is 5.59. The average molecular weight is 204 g/mol. The Labute approximate surface area is 89.3 Å². The van der Waals surface area contributed by atoms with Crippen LogP contribution >= 0.6 is 0 Å². The lowest BCUT2D eigenvalue weighted by Gasteiger charge is -2.15. The van der Waals surface area contributed by atoms with Crippen molar-refractivity contribution in [3.63, 3.8) is 0 Å². The number of nitrogens with two attached hydrogens (primary N) is 1. The zero-order chi connectivity index (χ0) is 10.3. The SMILES string of the molecule is Nc1cncnc1NCC1(C2CC2)CC1. The van der Waals surface area contributed by atoms with Gasteiger partial charge in [0.15, 0.2) is 5.82 Å². The van der Waals surface area contributed by atoms with E-state index >= 15 is 0 Å². The van der Waals surface area contributed by atoms with Crippen molar-refractivity contribution in [2.24, 2.45) is 11.3 Å². The molecule has 1 heterocycles. The first kappa shape index (κ1) is 8.95. The molecule has 0 aromatic carbocycles. The Morgan fingerprint density at radius 2 is 2.27 bits per heavy atom. The lowest BCUT2D eigenvalue weighted by atomic mass is 10.0. The van der Waals surface area contributed by atoms with Gasteiger partial charge in [0.1, 0.15) is 6.33 Å². The van der Waals surface area contributed by atoms with Crippen LogP contribution in [0.2, 0.25) is 0 Å². The molecular formula is C11H16N4. The molecule has 2 aliphatic carbocycles. The van der Waals surface area contributed by atoms with E-state index in [-0.39, 0.29) is 0 Å². The minimum absolute atomic E-state index is 0.581. The maximum absolute atomic E-state index is 5.77. The van der Waals surface area contributed by atoms with E-state index in [9.17, 15) is 0 Å². The molecule has 2 saturated carbocycles. The van der Waals surface area contributed by atoms with Crippen molar-refractivity contribution in [2.75, 3.05) is 17.6 Å². The highest BCUT2D eigenvalue weighted by Crippen LogP contribution is 2.61. The van der Waals surface area contributed by atoms with Gasteiger partial charge < -0.3 is 11.1 Å². The molecule has 2 fully saturated rings. The minimum atomic E-state index is 0.581. The second-order valence-electron chi connectivity index (χ2n) is 4.82. The summed E-state index contributed by atoms with van der Waals surface area (Å²) in [6.45, 7) is 1.03. The maximum Gasteiger partial charge on any atom is 0.152 e. The first-order chi connectivity index (χ1) is 7.30. The number of hydrogen-bond acceptors (Lipinski definition) is 4. The van der Waals surface area contributed by atoms with E-state index in [0.717, 1.165) is 18.3 Å². The summed E-state index contributed by atoms with van der Waals surface area (Å²) in [4.78, 5) is 8.02. The predicted molar refractivity (Wildman–Crippen MR) is 59.3 cm³/mol. The predicted octanol–water partition coefficient (Wildman–Crippen LogP) is 1.66. The van der Waals surface area contributed by atoms with Crippen molar-refractivity contribution >= 4 is 11.5 Å². The second-order valence-corrected chi connectivity index (χ2v) is 4.82. The van der Waals surface area contributed by atoms with Crippen molar-refractivity contribution in [3.8, 4) is 0 Å². The van der Waals surface area contributed by atoms with E-state index in [1.54, 1.807) is 6.20 Å². The minimum Gasteiger partial charge on any atom is -0.394 e. The van der Waals surface area contributed by atoms with Crippen molar-refractivity contribution in [3.05, 3.63) is 12.5 Å². The summed E-state index contributed by atoms with van der Waals surface area (Å²) in [7, 11) is 0. The van der Waals surface area contributed by atoms with Crippen LogP contribution < -0.4 is 11.1 Å². The number of hydrogen-bond donors (Lipinski definition) is 2. The Morgan fingerprint density at radius 3 is 2.87 bits per heavy atom. The molecule has 3 N–H and O–H groups in total. The van der Waals surface area contributed by atoms with Crippen LogP contribution in [0.5, 0.6) is 0 Å². The van der Waals surface area contributed by atoms with Crippen LogP contribution in [-0.2, 0) is 0 Å². The average Bonchev–Trinajstić information content (AvgIpc) is 3.10. The number of rotatable bonds is 4. The fourth-order valence-corrected chi connectivity index (χ4v) is 2.33. The van der Waals surface area contributed by atoms with E-state index in [1.165, 1.54) is 32.0 Å². The van der Waals surface area contributed by atoms with Crippen LogP contribution in [0, 0.1) is 11.3 Å². The third kappa shape index (κ3) is 1.64. The molecule has 0 amide bonds. The molecule has 2 aliphatic rings. The molecule has 1 aromatic rings. The second kappa shape index (κ2) is 3.08. The third-order valence-corrected chi connectivity index (χ3v) is 3.68. The lowest BCUT2D eigenvalue weighted by molar-refractivity contribution is 0.466. The fourth-order valence-electron chi connectivity index (χ4n) is 2.33. The first-order valence-corrected chi connectivity index (χ1v) is 5.59. The van der Waals surface area contributed by atoms with Crippen LogP contribution in [0.3, 0.4) is 0 Å². The van der Waals surface area contributed by atoms with E-state index in [0.29, 0.717) is 11.1 Å². The van der Waals surface area contributed by atoms with Crippen LogP contribution in [0.4, 0.5) is 11.5 Å². The van der Waals surface area contributed by atoms with Crippen LogP contribution in [0.15, 0.2) is 12.5 Å².